The Bertz CT molecular complexity index is 844. The molecule has 0 saturated carbocycles. The molecule has 2 N–H and O–H groups in total. The van der Waals surface area contributed by atoms with Crippen molar-refractivity contribution >= 4 is 46.4 Å². The fraction of sp³-hybridized carbons (Fsp3) is 0.111. The summed E-state index contributed by atoms with van der Waals surface area (Å²) in [5, 5.41) is 12.4. The molecule has 0 unspecified atom stereocenters. The van der Waals surface area contributed by atoms with Crippen molar-refractivity contribution in [2.45, 2.75) is 13.1 Å². The van der Waals surface area contributed by atoms with E-state index in [-0.39, 0.29) is 0 Å². The Hall–Kier alpha value is -2.08. The summed E-state index contributed by atoms with van der Waals surface area (Å²) in [6, 6.07) is 17.3. The largest absolute Gasteiger partial charge is 0.358 e. The Morgan fingerprint density at radius 3 is 2.44 bits per heavy atom. The molecule has 0 atom stereocenters. The molecule has 0 radical (unpaired) electrons. The van der Waals surface area contributed by atoms with Crippen molar-refractivity contribution in [3.8, 4) is 0 Å². The van der Waals surface area contributed by atoms with Crippen LogP contribution in [0.2, 0.25) is 10.0 Å². The van der Waals surface area contributed by atoms with Gasteiger partial charge in [0.05, 0.1) is 6.54 Å². The minimum absolute atomic E-state index is 0.490. The first-order chi connectivity index (χ1) is 12.1. The number of halogens is 2. The fourth-order valence-electron chi connectivity index (χ4n) is 2.30. The minimum Gasteiger partial charge on any atom is -0.358 e. The number of thiocarbonyl (C=S) groups is 1. The molecule has 0 aliphatic rings. The van der Waals surface area contributed by atoms with Crippen LogP contribution in [0, 0.1) is 0 Å². The van der Waals surface area contributed by atoms with Crippen molar-refractivity contribution < 1.29 is 0 Å². The SMILES string of the molecule is S=C(NCc1ccccc1)Nc1ccn(Cc2c(Cl)cccc2Cl)n1. The maximum atomic E-state index is 6.20. The summed E-state index contributed by atoms with van der Waals surface area (Å²) in [5.74, 6) is 0.661. The first-order valence-electron chi connectivity index (χ1n) is 7.67. The molecule has 2 aromatic carbocycles. The van der Waals surface area contributed by atoms with Gasteiger partial charge in [-0.05, 0) is 29.9 Å². The molecule has 0 saturated heterocycles. The zero-order valence-corrected chi connectivity index (χ0v) is 15.6. The van der Waals surface area contributed by atoms with E-state index in [0.29, 0.717) is 34.1 Å². The number of aromatic nitrogens is 2. The molecule has 0 aliphatic carbocycles. The van der Waals surface area contributed by atoms with Gasteiger partial charge >= 0.3 is 0 Å². The lowest BCUT2D eigenvalue weighted by atomic mass is 10.2. The van der Waals surface area contributed by atoms with Gasteiger partial charge in [-0.3, -0.25) is 4.68 Å². The van der Waals surface area contributed by atoms with E-state index in [1.165, 1.54) is 0 Å². The summed E-state index contributed by atoms with van der Waals surface area (Å²) in [4.78, 5) is 0. The van der Waals surface area contributed by atoms with Gasteiger partial charge in [0.15, 0.2) is 10.9 Å². The topological polar surface area (TPSA) is 41.9 Å². The highest BCUT2D eigenvalue weighted by atomic mass is 35.5. The Balaban J connectivity index is 1.57. The van der Waals surface area contributed by atoms with Crippen LogP contribution in [-0.4, -0.2) is 14.9 Å². The van der Waals surface area contributed by atoms with Crippen LogP contribution >= 0.6 is 35.4 Å². The number of nitrogens with one attached hydrogen (secondary N) is 2. The number of anilines is 1. The van der Waals surface area contributed by atoms with Gasteiger partial charge < -0.3 is 10.6 Å². The smallest absolute Gasteiger partial charge is 0.172 e. The lowest BCUT2D eigenvalue weighted by Crippen LogP contribution is -2.28. The van der Waals surface area contributed by atoms with Crippen LogP contribution in [-0.2, 0) is 13.1 Å². The van der Waals surface area contributed by atoms with Gasteiger partial charge in [0.2, 0.25) is 0 Å². The number of benzene rings is 2. The molecule has 128 valence electrons. The first-order valence-corrected chi connectivity index (χ1v) is 8.83. The average molecular weight is 391 g/mol. The molecule has 3 rings (SSSR count). The molecule has 0 spiro atoms. The summed E-state index contributed by atoms with van der Waals surface area (Å²) in [6.07, 6.45) is 1.85. The van der Waals surface area contributed by atoms with E-state index in [0.717, 1.165) is 11.1 Å². The molecule has 4 nitrogen and oxygen atoms in total. The first kappa shape index (κ1) is 17.7. The van der Waals surface area contributed by atoms with Gasteiger partial charge in [0.1, 0.15) is 0 Å². The van der Waals surface area contributed by atoms with E-state index < -0.39 is 0 Å². The third kappa shape index (κ3) is 4.95. The van der Waals surface area contributed by atoms with Crippen LogP contribution in [0.3, 0.4) is 0 Å². The van der Waals surface area contributed by atoms with Crippen LogP contribution in [0.1, 0.15) is 11.1 Å². The molecule has 7 heteroatoms. The van der Waals surface area contributed by atoms with Crippen LogP contribution in [0.15, 0.2) is 60.8 Å². The fourth-order valence-corrected chi connectivity index (χ4v) is 2.99. The van der Waals surface area contributed by atoms with Crippen LogP contribution in [0.25, 0.3) is 0 Å². The maximum absolute atomic E-state index is 6.20. The second-order valence-corrected chi connectivity index (χ2v) is 6.61. The molecule has 0 amide bonds. The van der Waals surface area contributed by atoms with E-state index in [4.69, 9.17) is 35.4 Å². The molecule has 1 heterocycles. The lowest BCUT2D eigenvalue weighted by molar-refractivity contribution is 0.690. The summed E-state index contributed by atoms with van der Waals surface area (Å²) >= 11 is 17.7. The third-order valence-corrected chi connectivity index (χ3v) is 4.51. The molecule has 25 heavy (non-hydrogen) atoms. The molecular weight excluding hydrogens is 375 g/mol. The van der Waals surface area contributed by atoms with Gasteiger partial charge in [0, 0.05) is 34.4 Å². The molecule has 0 aliphatic heterocycles. The van der Waals surface area contributed by atoms with Crippen LogP contribution < -0.4 is 10.6 Å². The monoisotopic (exact) mass is 390 g/mol. The van der Waals surface area contributed by atoms with Crippen molar-refractivity contribution in [3.05, 3.63) is 82.0 Å². The summed E-state index contributed by atoms with van der Waals surface area (Å²) in [6.45, 7) is 1.15. The lowest BCUT2D eigenvalue weighted by Gasteiger charge is -2.09. The Labute approximate surface area is 161 Å². The zero-order valence-electron chi connectivity index (χ0n) is 13.2. The van der Waals surface area contributed by atoms with Gasteiger partial charge in [-0.1, -0.05) is 59.6 Å². The summed E-state index contributed by atoms with van der Waals surface area (Å²) in [5.41, 5.74) is 2.00. The Morgan fingerprint density at radius 1 is 1.00 bits per heavy atom. The maximum Gasteiger partial charge on any atom is 0.172 e. The van der Waals surface area contributed by atoms with Crippen molar-refractivity contribution in [2.75, 3.05) is 5.32 Å². The Morgan fingerprint density at radius 2 is 1.72 bits per heavy atom. The van der Waals surface area contributed by atoms with E-state index in [1.807, 2.05) is 60.8 Å². The van der Waals surface area contributed by atoms with Gasteiger partial charge in [-0.15, -0.1) is 0 Å². The molecular formula is C18H16Cl2N4S. The second kappa shape index (κ2) is 8.34. The third-order valence-electron chi connectivity index (χ3n) is 3.56. The zero-order chi connectivity index (χ0) is 17.6. The second-order valence-electron chi connectivity index (χ2n) is 5.39. The normalized spacial score (nSPS) is 10.5. The predicted molar refractivity (Wildman–Crippen MR) is 107 cm³/mol. The van der Waals surface area contributed by atoms with Crippen molar-refractivity contribution in [1.82, 2.24) is 15.1 Å². The number of hydrogen-bond acceptors (Lipinski definition) is 2. The van der Waals surface area contributed by atoms with Crippen molar-refractivity contribution in [2.24, 2.45) is 0 Å². The Kier molecular flexibility index (Phi) is 5.91. The predicted octanol–water partition coefficient (Wildman–Crippen LogP) is 4.72. The van der Waals surface area contributed by atoms with Gasteiger partial charge in [-0.25, -0.2) is 0 Å². The van der Waals surface area contributed by atoms with Gasteiger partial charge in [0.25, 0.3) is 0 Å². The quantitative estimate of drug-likeness (QED) is 0.618. The number of nitrogens with zero attached hydrogens (tertiary/aromatic N) is 2. The van der Waals surface area contributed by atoms with Crippen molar-refractivity contribution in [1.29, 1.82) is 0 Å². The minimum atomic E-state index is 0.490. The number of rotatable bonds is 5. The van der Waals surface area contributed by atoms with Crippen LogP contribution in [0.4, 0.5) is 5.82 Å². The standard InChI is InChI=1S/C18H16Cl2N4S/c19-15-7-4-8-16(20)14(15)12-24-10-9-17(23-24)22-18(25)21-11-13-5-2-1-3-6-13/h1-10H,11-12H2,(H2,21,22,23,25). The van der Waals surface area contributed by atoms with E-state index in [2.05, 4.69) is 15.7 Å². The average Bonchev–Trinajstić information content (AvgIpc) is 3.04. The molecule has 0 fully saturated rings. The van der Waals surface area contributed by atoms with E-state index >= 15 is 0 Å². The van der Waals surface area contributed by atoms with Crippen LogP contribution in [0.5, 0.6) is 0 Å². The summed E-state index contributed by atoms with van der Waals surface area (Å²) in [7, 11) is 0. The van der Waals surface area contributed by atoms with E-state index in [1.54, 1.807) is 4.68 Å². The molecule has 0 bridgehead atoms. The summed E-state index contributed by atoms with van der Waals surface area (Å²) < 4.78 is 1.76. The van der Waals surface area contributed by atoms with E-state index in [9.17, 15) is 0 Å². The highest BCUT2D eigenvalue weighted by Crippen LogP contribution is 2.25. The van der Waals surface area contributed by atoms with Crippen molar-refractivity contribution in [3.63, 3.8) is 0 Å². The molecule has 3 aromatic rings. The van der Waals surface area contributed by atoms with Gasteiger partial charge in [-0.2, -0.15) is 5.10 Å². The number of hydrogen-bond donors (Lipinski definition) is 2. The highest BCUT2D eigenvalue weighted by Gasteiger charge is 2.08. The molecule has 1 aromatic heterocycles. The highest BCUT2D eigenvalue weighted by molar-refractivity contribution is 7.80.